The molecule has 8 heteroatoms. The highest BCUT2D eigenvalue weighted by atomic mass is 32.1. The Kier molecular flexibility index (Phi) is 4.91. The SMILES string of the molecule is COc1cnc([C@@H]2CNC[C@H]2NC(=O)Nc2cc3ccccc3s2)c(F)c1. The second kappa shape index (κ2) is 7.50. The van der Waals surface area contributed by atoms with Crippen molar-refractivity contribution in [1.29, 1.82) is 0 Å². The fourth-order valence-corrected chi connectivity index (χ4v) is 4.25. The molecule has 1 aliphatic heterocycles. The molecule has 1 fully saturated rings. The summed E-state index contributed by atoms with van der Waals surface area (Å²) in [5.74, 6) is -0.307. The Labute approximate surface area is 159 Å². The lowest BCUT2D eigenvalue weighted by molar-refractivity contribution is 0.248. The first-order valence-corrected chi connectivity index (χ1v) is 9.42. The minimum absolute atomic E-state index is 0.246. The number of pyridine rings is 1. The molecule has 3 heterocycles. The van der Waals surface area contributed by atoms with Crippen LogP contribution in [-0.2, 0) is 0 Å². The summed E-state index contributed by atoms with van der Waals surface area (Å²) in [4.78, 5) is 16.6. The first-order valence-electron chi connectivity index (χ1n) is 8.60. The van der Waals surface area contributed by atoms with E-state index in [0.29, 0.717) is 24.5 Å². The fraction of sp³-hybridized carbons (Fsp3) is 0.263. The van der Waals surface area contributed by atoms with Gasteiger partial charge in [-0.1, -0.05) is 18.2 Å². The minimum Gasteiger partial charge on any atom is -0.495 e. The smallest absolute Gasteiger partial charge is 0.320 e. The quantitative estimate of drug-likeness (QED) is 0.643. The van der Waals surface area contributed by atoms with E-state index in [1.165, 1.54) is 30.7 Å². The van der Waals surface area contributed by atoms with Crippen LogP contribution in [0.1, 0.15) is 11.6 Å². The number of carbonyl (C=O) groups excluding carboxylic acids is 1. The summed E-state index contributed by atoms with van der Waals surface area (Å²) in [6.45, 7) is 1.10. The Morgan fingerprint density at radius 2 is 2.19 bits per heavy atom. The zero-order chi connectivity index (χ0) is 18.8. The van der Waals surface area contributed by atoms with Gasteiger partial charge in [-0.2, -0.15) is 0 Å². The van der Waals surface area contributed by atoms with Gasteiger partial charge in [0, 0.05) is 29.8 Å². The maximum atomic E-state index is 14.4. The summed E-state index contributed by atoms with van der Waals surface area (Å²) in [6, 6.07) is 10.6. The molecule has 3 N–H and O–H groups in total. The van der Waals surface area contributed by atoms with Crippen LogP contribution in [0.15, 0.2) is 42.6 Å². The maximum Gasteiger partial charge on any atom is 0.320 e. The largest absolute Gasteiger partial charge is 0.495 e. The summed E-state index contributed by atoms with van der Waals surface area (Å²) < 4.78 is 20.5. The lowest BCUT2D eigenvalue weighted by Gasteiger charge is -2.20. The number of hydrogen-bond acceptors (Lipinski definition) is 5. The normalized spacial score (nSPS) is 19.2. The number of methoxy groups -OCH3 is 1. The number of anilines is 1. The number of ether oxygens (including phenoxy) is 1. The molecule has 0 bridgehead atoms. The van der Waals surface area contributed by atoms with Crippen LogP contribution in [0.4, 0.5) is 14.2 Å². The van der Waals surface area contributed by atoms with Crippen molar-refractivity contribution in [2.45, 2.75) is 12.0 Å². The number of thiophene rings is 1. The van der Waals surface area contributed by atoms with E-state index in [1.807, 2.05) is 30.3 Å². The molecule has 2 aromatic heterocycles. The lowest BCUT2D eigenvalue weighted by Crippen LogP contribution is -2.42. The monoisotopic (exact) mass is 386 g/mol. The van der Waals surface area contributed by atoms with Gasteiger partial charge in [-0.3, -0.25) is 10.3 Å². The molecular formula is C19H19FN4O2S. The Bertz CT molecular complexity index is 944. The summed E-state index contributed by atoms with van der Waals surface area (Å²) in [6.07, 6.45) is 1.49. The number of fused-ring (bicyclic) bond motifs is 1. The van der Waals surface area contributed by atoms with Crippen LogP contribution in [0.2, 0.25) is 0 Å². The molecule has 4 rings (SSSR count). The summed E-state index contributed by atoms with van der Waals surface area (Å²) >= 11 is 1.51. The molecule has 0 saturated carbocycles. The van der Waals surface area contributed by atoms with Gasteiger partial charge < -0.3 is 15.4 Å². The molecule has 1 aliphatic rings. The first-order chi connectivity index (χ1) is 13.1. The van der Waals surface area contributed by atoms with Crippen LogP contribution in [0.25, 0.3) is 10.1 Å². The molecular weight excluding hydrogens is 367 g/mol. The van der Waals surface area contributed by atoms with E-state index in [1.54, 1.807) is 0 Å². The van der Waals surface area contributed by atoms with E-state index in [0.717, 1.165) is 15.1 Å². The van der Waals surface area contributed by atoms with Crippen LogP contribution in [0, 0.1) is 5.82 Å². The third-order valence-electron chi connectivity index (χ3n) is 4.62. The van der Waals surface area contributed by atoms with Gasteiger partial charge in [0.2, 0.25) is 0 Å². The topological polar surface area (TPSA) is 75.3 Å². The van der Waals surface area contributed by atoms with Crippen molar-refractivity contribution >= 4 is 32.5 Å². The van der Waals surface area contributed by atoms with E-state index in [9.17, 15) is 9.18 Å². The summed E-state index contributed by atoms with van der Waals surface area (Å²) in [7, 11) is 1.47. The van der Waals surface area contributed by atoms with Crippen molar-refractivity contribution in [3.63, 3.8) is 0 Å². The van der Waals surface area contributed by atoms with E-state index in [-0.39, 0.29) is 18.0 Å². The molecule has 1 saturated heterocycles. The van der Waals surface area contributed by atoms with Crippen LogP contribution in [-0.4, -0.2) is 37.3 Å². The van der Waals surface area contributed by atoms with Gasteiger partial charge in [0.15, 0.2) is 0 Å². The van der Waals surface area contributed by atoms with Crippen molar-refractivity contribution in [3.05, 3.63) is 54.1 Å². The second-order valence-electron chi connectivity index (χ2n) is 6.36. The van der Waals surface area contributed by atoms with E-state index < -0.39 is 5.82 Å². The average molecular weight is 386 g/mol. The Hall–Kier alpha value is -2.71. The predicted molar refractivity (Wildman–Crippen MR) is 104 cm³/mol. The van der Waals surface area contributed by atoms with Crippen molar-refractivity contribution in [2.75, 3.05) is 25.5 Å². The highest BCUT2D eigenvalue weighted by Crippen LogP contribution is 2.30. The van der Waals surface area contributed by atoms with Gasteiger partial charge in [-0.15, -0.1) is 11.3 Å². The van der Waals surface area contributed by atoms with E-state index >= 15 is 0 Å². The van der Waals surface area contributed by atoms with Gasteiger partial charge in [-0.05, 0) is 17.5 Å². The number of nitrogens with one attached hydrogen (secondary N) is 3. The van der Waals surface area contributed by atoms with Gasteiger partial charge in [0.1, 0.15) is 11.6 Å². The number of halogens is 1. The van der Waals surface area contributed by atoms with Gasteiger partial charge >= 0.3 is 6.03 Å². The molecule has 2 amide bonds. The minimum atomic E-state index is -0.431. The number of nitrogens with zero attached hydrogens (tertiary/aromatic N) is 1. The molecule has 140 valence electrons. The molecule has 3 aromatic rings. The number of hydrogen-bond donors (Lipinski definition) is 3. The highest BCUT2D eigenvalue weighted by Gasteiger charge is 2.33. The zero-order valence-electron chi connectivity index (χ0n) is 14.7. The maximum absolute atomic E-state index is 14.4. The molecule has 1 aromatic carbocycles. The van der Waals surface area contributed by atoms with E-state index in [2.05, 4.69) is 20.9 Å². The number of benzene rings is 1. The fourth-order valence-electron chi connectivity index (χ4n) is 3.29. The van der Waals surface area contributed by atoms with E-state index in [4.69, 9.17) is 4.74 Å². The number of carbonyl (C=O) groups is 1. The Morgan fingerprint density at radius 3 is 2.96 bits per heavy atom. The second-order valence-corrected chi connectivity index (χ2v) is 7.44. The summed E-state index contributed by atoms with van der Waals surface area (Å²) in [5.41, 5.74) is 0.327. The van der Waals surface area contributed by atoms with Gasteiger partial charge in [0.05, 0.1) is 30.0 Å². The van der Waals surface area contributed by atoms with Crippen molar-refractivity contribution < 1.29 is 13.9 Å². The molecule has 0 radical (unpaired) electrons. The third-order valence-corrected chi connectivity index (χ3v) is 5.66. The van der Waals surface area contributed by atoms with Crippen LogP contribution < -0.4 is 20.7 Å². The number of urea groups is 1. The highest BCUT2D eigenvalue weighted by molar-refractivity contribution is 7.22. The Morgan fingerprint density at radius 1 is 1.33 bits per heavy atom. The van der Waals surface area contributed by atoms with Crippen molar-refractivity contribution in [2.24, 2.45) is 0 Å². The summed E-state index contributed by atoms with van der Waals surface area (Å²) in [5, 5.41) is 10.8. The van der Waals surface area contributed by atoms with Gasteiger partial charge in [0.25, 0.3) is 0 Å². The average Bonchev–Trinajstić information content (AvgIpc) is 3.27. The lowest BCUT2D eigenvalue weighted by atomic mass is 9.98. The number of amides is 2. The molecule has 6 nitrogen and oxygen atoms in total. The molecule has 27 heavy (non-hydrogen) atoms. The zero-order valence-corrected chi connectivity index (χ0v) is 15.5. The van der Waals surface area contributed by atoms with Crippen LogP contribution in [0.3, 0.4) is 0 Å². The molecule has 0 spiro atoms. The first kappa shape index (κ1) is 17.7. The third kappa shape index (κ3) is 3.72. The predicted octanol–water partition coefficient (Wildman–Crippen LogP) is 3.32. The molecule has 2 atom stereocenters. The van der Waals surface area contributed by atoms with Crippen molar-refractivity contribution in [3.8, 4) is 5.75 Å². The Balaban J connectivity index is 1.45. The molecule has 0 unspecified atom stereocenters. The number of aromatic nitrogens is 1. The standard InChI is InChI=1S/C19H19FN4O2S/c1-26-12-7-14(20)18(22-8-12)13-9-21-10-15(13)23-19(25)24-17-6-11-4-2-3-5-16(11)27-17/h2-8,13,15,21H,9-10H2,1H3,(H2,23,24,25)/t13-,15-/m1/s1. The number of rotatable bonds is 4. The van der Waals surface area contributed by atoms with Crippen LogP contribution >= 0.6 is 11.3 Å². The van der Waals surface area contributed by atoms with Crippen LogP contribution in [0.5, 0.6) is 5.75 Å². The van der Waals surface area contributed by atoms with Crippen molar-refractivity contribution in [1.82, 2.24) is 15.6 Å². The van der Waals surface area contributed by atoms with Gasteiger partial charge in [-0.25, -0.2) is 9.18 Å². The molecule has 0 aliphatic carbocycles.